The van der Waals surface area contributed by atoms with Gasteiger partial charge in [-0.2, -0.15) is 5.26 Å². The van der Waals surface area contributed by atoms with Crippen LogP contribution in [0.5, 0.6) is 0 Å². The van der Waals surface area contributed by atoms with Crippen molar-refractivity contribution in [3.63, 3.8) is 0 Å². The van der Waals surface area contributed by atoms with Crippen LogP contribution in [0.2, 0.25) is 36.3 Å². The van der Waals surface area contributed by atoms with Gasteiger partial charge in [0.05, 0.1) is 19.4 Å². The minimum absolute atomic E-state index is 0.00616. The first-order chi connectivity index (χ1) is 9.97. The van der Waals surface area contributed by atoms with Crippen molar-refractivity contribution >= 4 is 16.4 Å². The Kier molecular flexibility index (Phi) is 5.17. The molecule has 1 rings (SSSR count). The van der Waals surface area contributed by atoms with Gasteiger partial charge in [-0.05, 0) is 36.0 Å². The van der Waals surface area contributed by atoms with E-state index in [9.17, 15) is 10.4 Å². The zero-order valence-electron chi connectivity index (χ0n) is 16.9. The molecular weight excluding hydrogens is 318 g/mol. The first-order valence-corrected chi connectivity index (χ1v) is 14.7. The van der Waals surface area contributed by atoms with Crippen LogP contribution in [0.4, 0.5) is 0 Å². The number of hydrogen-bond acceptors (Lipinski definition) is 3. The maximum atomic E-state index is 13.6. The van der Waals surface area contributed by atoms with Crippen molar-refractivity contribution in [3.05, 3.63) is 0 Å². The fourth-order valence-corrected chi connectivity index (χ4v) is 9.84. The molecule has 0 aromatic heterocycles. The SMILES string of the molecule is CC(C)(C)[Si](C)(C)OC1([Si](C)(C)C(C)(C)C)CCCC1([O-])C#N. The first kappa shape index (κ1) is 20.9. The third kappa shape index (κ3) is 3.08. The van der Waals surface area contributed by atoms with Crippen molar-refractivity contribution in [2.75, 3.05) is 0 Å². The lowest BCUT2D eigenvalue weighted by Gasteiger charge is -2.62. The van der Waals surface area contributed by atoms with E-state index in [2.05, 4.69) is 73.8 Å². The van der Waals surface area contributed by atoms with E-state index in [-0.39, 0.29) is 10.1 Å². The molecule has 3 nitrogen and oxygen atoms in total. The minimum Gasteiger partial charge on any atom is -0.837 e. The molecule has 1 aliphatic carbocycles. The largest absolute Gasteiger partial charge is 0.837 e. The molecule has 0 heterocycles. The second-order valence-corrected chi connectivity index (χ2v) is 20.6. The Hall–Kier alpha value is -0.156. The van der Waals surface area contributed by atoms with Gasteiger partial charge in [0.15, 0.2) is 8.32 Å². The Labute approximate surface area is 145 Å². The van der Waals surface area contributed by atoms with E-state index in [0.29, 0.717) is 6.42 Å². The smallest absolute Gasteiger partial charge is 0.192 e. The van der Waals surface area contributed by atoms with Gasteiger partial charge in [-0.3, -0.25) is 0 Å². The van der Waals surface area contributed by atoms with Crippen molar-refractivity contribution in [1.29, 1.82) is 5.26 Å². The summed E-state index contributed by atoms with van der Waals surface area (Å²) in [4.78, 5) is 0. The van der Waals surface area contributed by atoms with E-state index in [1.807, 2.05) is 0 Å². The van der Waals surface area contributed by atoms with E-state index in [1.165, 1.54) is 0 Å². The summed E-state index contributed by atoms with van der Waals surface area (Å²) in [6.45, 7) is 22.2. The summed E-state index contributed by atoms with van der Waals surface area (Å²) in [6, 6.07) is 2.16. The highest BCUT2D eigenvalue weighted by Crippen LogP contribution is 2.56. The Morgan fingerprint density at radius 2 is 1.43 bits per heavy atom. The lowest BCUT2D eigenvalue weighted by Crippen LogP contribution is -2.76. The maximum absolute atomic E-state index is 13.6. The summed E-state index contributed by atoms with van der Waals surface area (Å²) in [5.74, 6) is 0. The summed E-state index contributed by atoms with van der Waals surface area (Å²) in [7, 11) is -4.34. The number of hydrogen-bond donors (Lipinski definition) is 0. The highest BCUT2D eigenvalue weighted by molar-refractivity contribution is 6.85. The molecule has 0 radical (unpaired) electrons. The normalized spacial score (nSPS) is 30.3. The number of nitrogens with zero attached hydrogens (tertiary/aromatic N) is 1. The summed E-state index contributed by atoms with van der Waals surface area (Å²) < 4.78 is 6.91. The van der Waals surface area contributed by atoms with Gasteiger partial charge < -0.3 is 9.53 Å². The van der Waals surface area contributed by atoms with Crippen molar-refractivity contribution in [2.45, 2.75) is 108 Å². The van der Waals surface area contributed by atoms with Crippen molar-refractivity contribution in [3.8, 4) is 6.07 Å². The van der Waals surface area contributed by atoms with E-state index < -0.39 is 27.2 Å². The van der Waals surface area contributed by atoms with Crippen LogP contribution in [-0.2, 0) is 4.43 Å². The van der Waals surface area contributed by atoms with Crippen LogP contribution >= 0.6 is 0 Å². The van der Waals surface area contributed by atoms with Crippen LogP contribution in [0.25, 0.3) is 0 Å². The summed E-state index contributed by atoms with van der Waals surface area (Å²) in [5.41, 5.74) is -1.61. The molecule has 0 N–H and O–H groups in total. The molecule has 0 bridgehead atoms. The predicted molar refractivity (Wildman–Crippen MR) is 100 cm³/mol. The van der Waals surface area contributed by atoms with Crippen LogP contribution in [0.15, 0.2) is 0 Å². The van der Waals surface area contributed by atoms with Crippen LogP contribution in [-0.4, -0.2) is 27.2 Å². The van der Waals surface area contributed by atoms with Crippen molar-refractivity contribution in [2.24, 2.45) is 0 Å². The van der Waals surface area contributed by atoms with Gasteiger partial charge in [0.1, 0.15) is 0 Å². The quantitative estimate of drug-likeness (QED) is 0.696. The third-order valence-electron chi connectivity index (χ3n) is 7.01. The second kappa shape index (κ2) is 5.69. The van der Waals surface area contributed by atoms with Gasteiger partial charge in [0.2, 0.25) is 0 Å². The molecule has 1 aliphatic rings. The lowest BCUT2D eigenvalue weighted by molar-refractivity contribution is -0.474. The summed E-state index contributed by atoms with van der Waals surface area (Å²) in [5, 5.41) is 22.6. The monoisotopic (exact) mass is 354 g/mol. The third-order valence-corrected chi connectivity index (χ3v) is 18.2. The van der Waals surface area contributed by atoms with E-state index in [1.54, 1.807) is 0 Å². The van der Waals surface area contributed by atoms with Gasteiger partial charge in [0, 0.05) is 5.60 Å². The van der Waals surface area contributed by atoms with Gasteiger partial charge in [0.25, 0.3) is 0 Å². The number of nitriles is 1. The molecule has 0 aliphatic heterocycles. The molecule has 1 fully saturated rings. The molecule has 1 saturated carbocycles. The Morgan fingerprint density at radius 3 is 1.78 bits per heavy atom. The molecule has 0 spiro atoms. The fourth-order valence-electron chi connectivity index (χ4n) is 3.41. The molecule has 134 valence electrons. The van der Waals surface area contributed by atoms with Crippen LogP contribution in [0.3, 0.4) is 0 Å². The van der Waals surface area contributed by atoms with Crippen LogP contribution in [0, 0.1) is 11.3 Å². The number of rotatable bonds is 3. The zero-order valence-corrected chi connectivity index (χ0v) is 18.9. The summed E-state index contributed by atoms with van der Waals surface area (Å²) in [6.07, 6.45) is 1.97. The van der Waals surface area contributed by atoms with Gasteiger partial charge in [-0.15, -0.1) is 0 Å². The van der Waals surface area contributed by atoms with Crippen molar-refractivity contribution in [1.82, 2.24) is 0 Å². The second-order valence-electron chi connectivity index (χ2n) is 10.4. The highest BCUT2D eigenvalue weighted by Gasteiger charge is 2.64. The van der Waals surface area contributed by atoms with E-state index >= 15 is 0 Å². The lowest BCUT2D eigenvalue weighted by atomic mass is 10.0. The molecule has 0 aromatic carbocycles. The Bertz CT molecular complexity index is 497. The molecule has 23 heavy (non-hydrogen) atoms. The predicted octanol–water partition coefficient (Wildman–Crippen LogP) is 4.60. The zero-order chi connectivity index (χ0) is 18.5. The molecule has 0 saturated heterocycles. The van der Waals surface area contributed by atoms with Gasteiger partial charge in [-0.25, -0.2) is 0 Å². The average Bonchev–Trinajstić information content (AvgIpc) is 2.65. The molecule has 2 atom stereocenters. The maximum Gasteiger partial charge on any atom is 0.192 e. The molecule has 0 amide bonds. The Morgan fingerprint density at radius 1 is 0.957 bits per heavy atom. The average molecular weight is 355 g/mol. The summed E-state index contributed by atoms with van der Waals surface area (Å²) >= 11 is 0. The van der Waals surface area contributed by atoms with E-state index in [0.717, 1.165) is 12.8 Å². The molecular formula is C18H36NO2Si2-. The van der Waals surface area contributed by atoms with E-state index in [4.69, 9.17) is 4.43 Å². The van der Waals surface area contributed by atoms with Crippen molar-refractivity contribution < 1.29 is 9.53 Å². The van der Waals surface area contributed by atoms with Gasteiger partial charge in [-0.1, -0.05) is 61.1 Å². The molecule has 2 unspecified atom stereocenters. The standard InChI is InChI=1S/C18H36NO2Si2/c1-15(2,3)22(7,8)18(13-11-12-17(18,20)14-19)21-23(9,10)16(4,5)6/h11-13H2,1-10H3/q-1. The molecule has 5 heteroatoms. The first-order valence-electron chi connectivity index (χ1n) is 8.79. The molecule has 0 aromatic rings. The van der Waals surface area contributed by atoms with Gasteiger partial charge >= 0.3 is 0 Å². The fraction of sp³-hybridized carbons (Fsp3) is 0.944. The Balaban J connectivity index is 3.57. The van der Waals surface area contributed by atoms with Crippen LogP contribution < -0.4 is 5.11 Å². The highest BCUT2D eigenvalue weighted by atomic mass is 28.4. The topological polar surface area (TPSA) is 56.1 Å². The minimum atomic E-state index is -2.19. The van der Waals surface area contributed by atoms with Crippen LogP contribution in [0.1, 0.15) is 60.8 Å².